The van der Waals surface area contributed by atoms with E-state index < -0.39 is 36.4 Å². The monoisotopic (exact) mass is 518 g/mol. The zero-order chi connectivity index (χ0) is 26.6. The fourth-order valence-corrected chi connectivity index (χ4v) is 4.39. The predicted molar refractivity (Wildman–Crippen MR) is 141 cm³/mol. The lowest BCUT2D eigenvalue weighted by molar-refractivity contribution is -0.236. The van der Waals surface area contributed by atoms with Crippen molar-refractivity contribution in [2.75, 3.05) is 13.2 Å². The van der Waals surface area contributed by atoms with Crippen LogP contribution in [0.3, 0.4) is 0 Å². The molecule has 1 aliphatic rings. The maximum Gasteiger partial charge on any atom is 0.338 e. The van der Waals surface area contributed by atoms with Crippen LogP contribution >= 0.6 is 0 Å². The second-order valence-electron chi connectivity index (χ2n) is 9.18. The molecule has 0 spiro atoms. The lowest BCUT2D eigenvalue weighted by atomic mass is 9.98. The van der Waals surface area contributed by atoms with E-state index in [0.717, 1.165) is 24.0 Å². The summed E-state index contributed by atoms with van der Waals surface area (Å²) in [6.45, 7) is 2.07. The Morgan fingerprint density at radius 2 is 1.34 bits per heavy atom. The Morgan fingerprint density at radius 1 is 0.763 bits per heavy atom. The van der Waals surface area contributed by atoms with Crippen molar-refractivity contribution in [2.45, 2.75) is 57.4 Å². The standard InChI is InChI=1S/C31H34O7/c1-23(32)38-27-22-36-30(31(33)37-21-26-16-9-4-10-17-26)29(28(27)35-20-25-14-7-3-8-15-25)34-19-11-18-24-12-5-2-6-13-24/h2-10,12-17,27-30H,11,18-22H2,1H3/t27?,28-,29-,30?/m1/s1. The van der Waals surface area contributed by atoms with Gasteiger partial charge in [0.25, 0.3) is 0 Å². The van der Waals surface area contributed by atoms with Crippen LogP contribution in [0.25, 0.3) is 0 Å². The summed E-state index contributed by atoms with van der Waals surface area (Å²) in [7, 11) is 0. The summed E-state index contributed by atoms with van der Waals surface area (Å²) in [5.74, 6) is -1.00. The van der Waals surface area contributed by atoms with E-state index in [1.165, 1.54) is 12.5 Å². The number of aryl methyl sites for hydroxylation is 1. The highest BCUT2D eigenvalue weighted by atomic mass is 16.6. The van der Waals surface area contributed by atoms with Crippen LogP contribution in [0.2, 0.25) is 0 Å². The lowest BCUT2D eigenvalue weighted by Crippen LogP contribution is -2.59. The number of rotatable bonds is 12. The molecule has 1 heterocycles. The zero-order valence-corrected chi connectivity index (χ0v) is 21.6. The van der Waals surface area contributed by atoms with E-state index in [4.69, 9.17) is 23.7 Å². The number of ether oxygens (including phenoxy) is 5. The molecule has 0 aromatic heterocycles. The van der Waals surface area contributed by atoms with Gasteiger partial charge in [0.05, 0.1) is 13.2 Å². The molecule has 7 nitrogen and oxygen atoms in total. The first-order valence-electron chi connectivity index (χ1n) is 12.9. The zero-order valence-electron chi connectivity index (χ0n) is 21.6. The van der Waals surface area contributed by atoms with Crippen molar-refractivity contribution < 1.29 is 33.3 Å². The smallest absolute Gasteiger partial charge is 0.338 e. The van der Waals surface area contributed by atoms with Gasteiger partial charge in [-0.3, -0.25) is 4.79 Å². The third-order valence-corrected chi connectivity index (χ3v) is 6.25. The predicted octanol–water partition coefficient (Wildman–Crippen LogP) is 4.66. The molecule has 200 valence electrons. The fourth-order valence-electron chi connectivity index (χ4n) is 4.39. The minimum atomic E-state index is -1.02. The summed E-state index contributed by atoms with van der Waals surface area (Å²) in [6, 6.07) is 29.2. The Kier molecular flexibility index (Phi) is 10.4. The Morgan fingerprint density at radius 3 is 1.95 bits per heavy atom. The Labute approximate surface area is 223 Å². The number of esters is 2. The normalized spacial score (nSPS) is 21.0. The SMILES string of the molecule is CC(=O)OC1COC(C(=O)OCc2ccccc2)[C@H](OCCCc2ccccc2)[C@@H]1OCc1ccccc1. The van der Waals surface area contributed by atoms with Gasteiger partial charge in [0.2, 0.25) is 0 Å². The number of hydrogen-bond acceptors (Lipinski definition) is 7. The van der Waals surface area contributed by atoms with Crippen LogP contribution in [0, 0.1) is 0 Å². The van der Waals surface area contributed by atoms with E-state index in [0.29, 0.717) is 6.61 Å². The van der Waals surface area contributed by atoms with Gasteiger partial charge in [-0.1, -0.05) is 91.0 Å². The highest BCUT2D eigenvalue weighted by Gasteiger charge is 2.47. The van der Waals surface area contributed by atoms with Crippen molar-refractivity contribution in [1.29, 1.82) is 0 Å². The van der Waals surface area contributed by atoms with Crippen LogP contribution < -0.4 is 0 Å². The summed E-state index contributed by atoms with van der Waals surface area (Å²) in [5, 5.41) is 0. The summed E-state index contributed by atoms with van der Waals surface area (Å²) in [6.07, 6.45) is -1.75. The van der Waals surface area contributed by atoms with Gasteiger partial charge >= 0.3 is 11.9 Å². The maximum atomic E-state index is 13.2. The van der Waals surface area contributed by atoms with Gasteiger partial charge in [-0.15, -0.1) is 0 Å². The molecule has 2 unspecified atom stereocenters. The number of benzene rings is 3. The third-order valence-electron chi connectivity index (χ3n) is 6.25. The summed E-state index contributed by atoms with van der Waals surface area (Å²) < 4.78 is 29.5. The quantitative estimate of drug-likeness (QED) is 0.255. The lowest BCUT2D eigenvalue weighted by Gasteiger charge is -2.40. The van der Waals surface area contributed by atoms with E-state index in [-0.39, 0.29) is 19.8 Å². The van der Waals surface area contributed by atoms with E-state index in [9.17, 15) is 9.59 Å². The highest BCUT2D eigenvalue weighted by molar-refractivity contribution is 5.76. The van der Waals surface area contributed by atoms with E-state index >= 15 is 0 Å². The third kappa shape index (κ3) is 8.25. The summed E-state index contributed by atoms with van der Waals surface area (Å²) in [5.41, 5.74) is 3.02. The molecule has 0 amide bonds. The van der Waals surface area contributed by atoms with E-state index in [2.05, 4.69) is 12.1 Å². The molecule has 0 radical (unpaired) electrons. The number of carbonyl (C=O) groups is 2. The van der Waals surface area contributed by atoms with Crippen LogP contribution in [0.5, 0.6) is 0 Å². The molecule has 0 N–H and O–H groups in total. The molecule has 3 aromatic rings. The van der Waals surface area contributed by atoms with Crippen molar-refractivity contribution in [1.82, 2.24) is 0 Å². The van der Waals surface area contributed by atoms with Crippen molar-refractivity contribution >= 4 is 11.9 Å². The van der Waals surface area contributed by atoms with Crippen molar-refractivity contribution in [3.63, 3.8) is 0 Å². The van der Waals surface area contributed by atoms with Crippen molar-refractivity contribution in [3.05, 3.63) is 108 Å². The van der Waals surface area contributed by atoms with Crippen molar-refractivity contribution in [3.8, 4) is 0 Å². The van der Waals surface area contributed by atoms with Gasteiger partial charge in [-0.2, -0.15) is 0 Å². The van der Waals surface area contributed by atoms with Gasteiger partial charge in [0, 0.05) is 13.5 Å². The van der Waals surface area contributed by atoms with Crippen LogP contribution in [-0.2, 0) is 52.9 Å². The van der Waals surface area contributed by atoms with Crippen LogP contribution in [0.15, 0.2) is 91.0 Å². The molecule has 1 saturated heterocycles. The Hall–Kier alpha value is -3.52. The topological polar surface area (TPSA) is 80.3 Å². The Bertz CT molecular complexity index is 1120. The van der Waals surface area contributed by atoms with Gasteiger partial charge in [0.1, 0.15) is 18.8 Å². The summed E-state index contributed by atoms with van der Waals surface area (Å²) in [4.78, 5) is 25.1. The minimum absolute atomic E-state index is 0.00594. The number of hydrogen-bond donors (Lipinski definition) is 0. The average molecular weight is 519 g/mol. The first-order valence-corrected chi connectivity index (χ1v) is 12.9. The maximum absolute atomic E-state index is 13.2. The van der Waals surface area contributed by atoms with Gasteiger partial charge < -0.3 is 23.7 Å². The largest absolute Gasteiger partial charge is 0.459 e. The molecule has 1 aliphatic heterocycles. The molecule has 0 aliphatic carbocycles. The molecule has 0 bridgehead atoms. The fraction of sp³-hybridized carbons (Fsp3) is 0.355. The second kappa shape index (κ2) is 14.4. The van der Waals surface area contributed by atoms with Crippen molar-refractivity contribution in [2.24, 2.45) is 0 Å². The van der Waals surface area contributed by atoms with Gasteiger partial charge in [0.15, 0.2) is 12.2 Å². The molecule has 4 rings (SSSR count). The molecular formula is C31H34O7. The first kappa shape index (κ1) is 27.5. The molecule has 4 atom stereocenters. The molecule has 7 heteroatoms. The molecule has 38 heavy (non-hydrogen) atoms. The van der Waals surface area contributed by atoms with Gasteiger partial charge in [-0.25, -0.2) is 4.79 Å². The van der Waals surface area contributed by atoms with Crippen LogP contribution in [0.1, 0.15) is 30.0 Å². The average Bonchev–Trinajstić information content (AvgIpc) is 2.95. The van der Waals surface area contributed by atoms with E-state index in [1.54, 1.807) is 0 Å². The highest BCUT2D eigenvalue weighted by Crippen LogP contribution is 2.26. The number of carbonyl (C=O) groups excluding carboxylic acids is 2. The molecular weight excluding hydrogens is 484 g/mol. The van der Waals surface area contributed by atoms with Crippen LogP contribution in [0.4, 0.5) is 0 Å². The molecule has 0 saturated carbocycles. The minimum Gasteiger partial charge on any atom is -0.459 e. The molecule has 3 aromatic carbocycles. The van der Waals surface area contributed by atoms with E-state index in [1.807, 2.05) is 78.9 Å². The Balaban J connectivity index is 1.48. The van der Waals surface area contributed by atoms with Gasteiger partial charge in [-0.05, 0) is 29.5 Å². The molecule has 1 fully saturated rings. The second-order valence-corrected chi connectivity index (χ2v) is 9.18. The first-order chi connectivity index (χ1) is 18.6. The summed E-state index contributed by atoms with van der Waals surface area (Å²) >= 11 is 0. The van der Waals surface area contributed by atoms with Crippen LogP contribution in [-0.4, -0.2) is 49.6 Å².